The van der Waals surface area contributed by atoms with E-state index in [0.29, 0.717) is 39.6 Å². The van der Waals surface area contributed by atoms with E-state index in [0.717, 1.165) is 12.1 Å². The molecule has 0 saturated carbocycles. The Balaban J connectivity index is 1.76. The summed E-state index contributed by atoms with van der Waals surface area (Å²) in [7, 11) is 0. The molecule has 33 heavy (non-hydrogen) atoms. The van der Waals surface area contributed by atoms with Crippen LogP contribution in [0.2, 0.25) is 0 Å². The van der Waals surface area contributed by atoms with Gasteiger partial charge in [0, 0.05) is 12.3 Å². The molecule has 10 heteroatoms. The van der Waals surface area contributed by atoms with Gasteiger partial charge >= 0.3 is 6.18 Å². The average Bonchev–Trinajstić information content (AvgIpc) is 3.11. The van der Waals surface area contributed by atoms with E-state index in [1.807, 2.05) is 6.92 Å². The fourth-order valence-corrected chi connectivity index (χ4v) is 4.46. The van der Waals surface area contributed by atoms with Crippen LogP contribution in [0.1, 0.15) is 29.3 Å². The molecule has 0 unspecified atom stereocenters. The van der Waals surface area contributed by atoms with E-state index in [1.54, 1.807) is 29.8 Å². The fraction of sp³-hybridized carbons (Fsp3) is 0.261. The molecule has 0 spiro atoms. The number of aryl methyl sites for hydroxylation is 2. The molecule has 2 aromatic carbocycles. The summed E-state index contributed by atoms with van der Waals surface area (Å²) >= 11 is 1.17. The number of fused-ring (bicyclic) bond motifs is 1. The SMILES string of the molecule is CCn1nc(C)c2nc(SCc3cccc(C(F)(F)F)c3)n(Cc3ccc(F)cc3)c(=O)c21. The first-order valence-corrected chi connectivity index (χ1v) is 11.2. The zero-order chi connectivity index (χ0) is 23.8. The Kier molecular flexibility index (Phi) is 6.29. The Morgan fingerprint density at radius 1 is 1.06 bits per heavy atom. The van der Waals surface area contributed by atoms with Crippen molar-refractivity contribution in [1.82, 2.24) is 19.3 Å². The molecule has 0 atom stereocenters. The second-order valence-corrected chi connectivity index (χ2v) is 8.44. The number of hydrogen-bond donors (Lipinski definition) is 0. The Morgan fingerprint density at radius 2 is 1.79 bits per heavy atom. The van der Waals surface area contributed by atoms with Crippen molar-refractivity contribution >= 4 is 22.8 Å². The van der Waals surface area contributed by atoms with Crippen molar-refractivity contribution in [2.24, 2.45) is 0 Å². The van der Waals surface area contributed by atoms with E-state index in [-0.39, 0.29) is 17.9 Å². The van der Waals surface area contributed by atoms with Gasteiger partial charge in [0.05, 0.1) is 17.8 Å². The van der Waals surface area contributed by atoms with Crippen LogP contribution in [0.15, 0.2) is 58.5 Å². The summed E-state index contributed by atoms with van der Waals surface area (Å²) in [6, 6.07) is 10.8. The molecule has 172 valence electrons. The summed E-state index contributed by atoms with van der Waals surface area (Å²) in [6.45, 7) is 4.24. The maximum atomic E-state index is 13.4. The quantitative estimate of drug-likeness (QED) is 0.212. The minimum atomic E-state index is -4.44. The molecule has 4 rings (SSSR count). The first-order chi connectivity index (χ1) is 15.7. The fourth-order valence-electron chi connectivity index (χ4n) is 3.52. The normalized spacial score (nSPS) is 11.9. The monoisotopic (exact) mass is 476 g/mol. The number of rotatable bonds is 6. The van der Waals surface area contributed by atoms with Crippen molar-refractivity contribution in [2.45, 2.75) is 44.0 Å². The Labute approximate surface area is 191 Å². The molecule has 5 nitrogen and oxygen atoms in total. The summed E-state index contributed by atoms with van der Waals surface area (Å²) in [5, 5.41) is 4.74. The predicted molar refractivity (Wildman–Crippen MR) is 119 cm³/mol. The first-order valence-electron chi connectivity index (χ1n) is 10.2. The van der Waals surface area contributed by atoms with Crippen LogP contribution in [-0.2, 0) is 25.0 Å². The van der Waals surface area contributed by atoms with Crippen LogP contribution in [0, 0.1) is 12.7 Å². The lowest BCUT2D eigenvalue weighted by atomic mass is 10.1. The van der Waals surface area contributed by atoms with Gasteiger partial charge in [-0.25, -0.2) is 9.37 Å². The second kappa shape index (κ2) is 9.01. The summed E-state index contributed by atoms with van der Waals surface area (Å²) in [4.78, 5) is 18.1. The van der Waals surface area contributed by atoms with Gasteiger partial charge in [0.2, 0.25) is 0 Å². The van der Waals surface area contributed by atoms with E-state index in [4.69, 9.17) is 0 Å². The zero-order valence-electron chi connectivity index (χ0n) is 17.9. The molecule has 0 amide bonds. The van der Waals surface area contributed by atoms with Crippen molar-refractivity contribution in [1.29, 1.82) is 0 Å². The van der Waals surface area contributed by atoms with Gasteiger partial charge in [0.25, 0.3) is 5.56 Å². The molecule has 0 aliphatic rings. The number of halogens is 4. The van der Waals surface area contributed by atoms with Crippen molar-refractivity contribution < 1.29 is 17.6 Å². The van der Waals surface area contributed by atoms with E-state index in [9.17, 15) is 22.4 Å². The van der Waals surface area contributed by atoms with Crippen LogP contribution >= 0.6 is 11.8 Å². The standard InChI is InChI=1S/C23H20F4N4OS/c1-3-31-20-19(14(2)29-31)28-22(30(21(20)32)12-15-7-9-18(24)10-8-15)33-13-16-5-4-6-17(11-16)23(25,26)27/h4-11H,3,12-13H2,1-2H3. The van der Waals surface area contributed by atoms with Gasteiger partial charge in [-0.3, -0.25) is 14.0 Å². The van der Waals surface area contributed by atoms with Crippen molar-refractivity contribution in [3.05, 3.63) is 87.1 Å². The van der Waals surface area contributed by atoms with Crippen LogP contribution in [-0.4, -0.2) is 19.3 Å². The lowest BCUT2D eigenvalue weighted by Gasteiger charge is -2.13. The van der Waals surface area contributed by atoms with Crippen LogP contribution in [0.3, 0.4) is 0 Å². The van der Waals surface area contributed by atoms with Crippen molar-refractivity contribution in [3.63, 3.8) is 0 Å². The molecule has 2 aromatic heterocycles. The lowest BCUT2D eigenvalue weighted by Crippen LogP contribution is -2.25. The van der Waals surface area contributed by atoms with Gasteiger partial charge in [-0.15, -0.1) is 0 Å². The van der Waals surface area contributed by atoms with Gasteiger partial charge in [-0.2, -0.15) is 18.3 Å². The lowest BCUT2D eigenvalue weighted by molar-refractivity contribution is -0.137. The molecule has 0 aliphatic heterocycles. The maximum absolute atomic E-state index is 13.4. The first kappa shape index (κ1) is 23.0. The van der Waals surface area contributed by atoms with Gasteiger partial charge in [0.1, 0.15) is 11.3 Å². The molecule has 4 aromatic rings. The van der Waals surface area contributed by atoms with Gasteiger partial charge in [-0.05, 0) is 43.2 Å². The minimum Gasteiger partial charge on any atom is -0.281 e. The van der Waals surface area contributed by atoms with E-state index in [2.05, 4.69) is 10.1 Å². The number of aromatic nitrogens is 4. The highest BCUT2D eigenvalue weighted by molar-refractivity contribution is 7.98. The molecule has 0 N–H and O–H groups in total. The Bertz CT molecular complexity index is 1360. The van der Waals surface area contributed by atoms with Gasteiger partial charge in [0.15, 0.2) is 10.7 Å². The topological polar surface area (TPSA) is 52.7 Å². The number of benzene rings is 2. The molecule has 0 saturated heterocycles. The molecular formula is C23H20F4N4OS. The third kappa shape index (κ3) is 4.80. The third-order valence-corrected chi connectivity index (χ3v) is 6.21. The van der Waals surface area contributed by atoms with Crippen molar-refractivity contribution in [2.75, 3.05) is 0 Å². The van der Waals surface area contributed by atoms with Gasteiger partial charge < -0.3 is 0 Å². The Hall–Kier alpha value is -3.14. The van der Waals surface area contributed by atoms with E-state index < -0.39 is 17.6 Å². The van der Waals surface area contributed by atoms with Crippen LogP contribution in [0.5, 0.6) is 0 Å². The van der Waals surface area contributed by atoms with E-state index in [1.165, 1.54) is 34.5 Å². The largest absolute Gasteiger partial charge is 0.416 e. The van der Waals surface area contributed by atoms with Crippen LogP contribution in [0.4, 0.5) is 17.6 Å². The van der Waals surface area contributed by atoms with Gasteiger partial charge in [-0.1, -0.05) is 42.1 Å². The highest BCUT2D eigenvalue weighted by Gasteiger charge is 2.30. The van der Waals surface area contributed by atoms with Crippen molar-refractivity contribution in [3.8, 4) is 0 Å². The average molecular weight is 476 g/mol. The molecule has 2 heterocycles. The molecule has 0 bridgehead atoms. The highest BCUT2D eigenvalue weighted by Crippen LogP contribution is 2.31. The predicted octanol–water partition coefficient (Wildman–Crippen LogP) is 5.42. The summed E-state index contributed by atoms with van der Waals surface area (Å²) < 4.78 is 55.6. The smallest absolute Gasteiger partial charge is 0.281 e. The summed E-state index contributed by atoms with van der Waals surface area (Å²) in [5.74, 6) is -0.204. The second-order valence-electron chi connectivity index (χ2n) is 7.50. The van der Waals surface area contributed by atoms with E-state index >= 15 is 0 Å². The minimum absolute atomic E-state index is 0.140. The molecule has 0 radical (unpaired) electrons. The summed E-state index contributed by atoms with van der Waals surface area (Å²) in [5.41, 5.74) is 1.53. The molecule has 0 aliphatic carbocycles. The maximum Gasteiger partial charge on any atom is 0.416 e. The van der Waals surface area contributed by atoms with Crippen LogP contribution < -0.4 is 5.56 Å². The van der Waals surface area contributed by atoms with Crippen LogP contribution in [0.25, 0.3) is 11.0 Å². The molecule has 0 fully saturated rings. The highest BCUT2D eigenvalue weighted by atomic mass is 32.2. The third-order valence-electron chi connectivity index (χ3n) is 5.16. The summed E-state index contributed by atoms with van der Waals surface area (Å²) in [6.07, 6.45) is -4.44. The number of hydrogen-bond acceptors (Lipinski definition) is 4. The number of nitrogens with zero attached hydrogens (tertiary/aromatic N) is 4. The molecular weight excluding hydrogens is 456 g/mol. The zero-order valence-corrected chi connectivity index (χ0v) is 18.7. The Morgan fingerprint density at radius 3 is 2.45 bits per heavy atom. The number of alkyl halides is 3. The number of thioether (sulfide) groups is 1.